The number of alkyl carbamates (subject to hydrolysis) is 1. The molecule has 1 rings (SSSR count). The van der Waals surface area contributed by atoms with Crippen LogP contribution in [0.3, 0.4) is 0 Å². The minimum absolute atomic E-state index is 0.116. The Kier molecular flexibility index (Phi) is 9.21. The van der Waals surface area contributed by atoms with Crippen molar-refractivity contribution in [3.05, 3.63) is 22.3 Å². The lowest BCUT2D eigenvalue weighted by atomic mass is 10.1. The molecule has 0 atom stereocenters. The van der Waals surface area contributed by atoms with Gasteiger partial charge in [-0.2, -0.15) is 0 Å². The van der Waals surface area contributed by atoms with Crippen LogP contribution in [0.15, 0.2) is 11.3 Å². The number of carbonyl (C=O) groups excluding carboxylic acids is 1. The third-order valence-electron chi connectivity index (χ3n) is 3.73. The number of azide groups is 1. The van der Waals surface area contributed by atoms with Crippen LogP contribution in [0.2, 0.25) is 0 Å². The number of amides is 1. The van der Waals surface area contributed by atoms with Gasteiger partial charge in [0.1, 0.15) is 5.60 Å². The van der Waals surface area contributed by atoms with E-state index in [-0.39, 0.29) is 5.54 Å². The Hall–Kier alpha value is -2.32. The predicted octanol–water partition coefficient (Wildman–Crippen LogP) is 3.45. The molecule has 0 aliphatic carbocycles. The Morgan fingerprint density at radius 2 is 1.96 bits per heavy atom. The van der Waals surface area contributed by atoms with E-state index in [2.05, 4.69) is 51.3 Å². The van der Waals surface area contributed by atoms with E-state index >= 15 is 0 Å². The summed E-state index contributed by atoms with van der Waals surface area (Å²) in [5.41, 5.74) is 8.69. The predicted molar refractivity (Wildman–Crippen MR) is 108 cm³/mol. The molecule has 0 aliphatic heterocycles. The van der Waals surface area contributed by atoms with Gasteiger partial charge in [-0.15, -0.1) is 5.10 Å². The van der Waals surface area contributed by atoms with Crippen LogP contribution in [-0.2, 0) is 16.8 Å². The Bertz CT molecular complexity index is 653. The quantitative estimate of drug-likeness (QED) is 0.282. The molecule has 0 bridgehead atoms. The van der Waals surface area contributed by atoms with Crippen LogP contribution in [0.5, 0.6) is 0 Å². The second-order valence-electron chi connectivity index (χ2n) is 8.69. The van der Waals surface area contributed by atoms with Crippen LogP contribution in [0.25, 0.3) is 10.4 Å². The van der Waals surface area contributed by atoms with E-state index in [9.17, 15) is 4.79 Å². The molecule has 1 aromatic heterocycles. The summed E-state index contributed by atoms with van der Waals surface area (Å²) in [5, 5.41) is 14.8. The smallest absolute Gasteiger partial charge is 0.407 e. The van der Waals surface area contributed by atoms with Crippen molar-refractivity contribution in [2.45, 2.75) is 72.1 Å². The van der Waals surface area contributed by atoms with Crippen molar-refractivity contribution in [2.75, 3.05) is 26.2 Å². The first-order valence-corrected chi connectivity index (χ1v) is 9.63. The fraction of sp³-hybridized carbons (Fsp3) is 0.833. The number of rotatable bonds is 10. The Morgan fingerprint density at radius 1 is 1.29 bits per heavy atom. The number of hydrogen-bond acceptors (Lipinski definition) is 6. The summed E-state index contributed by atoms with van der Waals surface area (Å²) >= 11 is 0. The van der Waals surface area contributed by atoms with Crippen LogP contribution in [0.4, 0.5) is 4.79 Å². The molecule has 10 heteroatoms. The zero-order valence-electron chi connectivity index (χ0n) is 18.0. The third kappa shape index (κ3) is 10.1. The molecule has 0 unspecified atom stereocenters. The fourth-order valence-electron chi connectivity index (χ4n) is 2.41. The summed E-state index contributed by atoms with van der Waals surface area (Å²) in [7, 11) is 0. The average molecular weight is 395 g/mol. The first kappa shape index (κ1) is 23.7. The summed E-state index contributed by atoms with van der Waals surface area (Å²) in [5.74, 6) is 0. The molecule has 0 spiro atoms. The highest BCUT2D eigenvalue weighted by molar-refractivity contribution is 5.67. The lowest BCUT2D eigenvalue weighted by molar-refractivity contribution is 0.0525. The maximum atomic E-state index is 11.7. The minimum Gasteiger partial charge on any atom is -0.444 e. The second kappa shape index (κ2) is 10.9. The largest absolute Gasteiger partial charge is 0.444 e. The van der Waals surface area contributed by atoms with Gasteiger partial charge in [-0.3, -0.25) is 4.90 Å². The highest BCUT2D eigenvalue weighted by Crippen LogP contribution is 2.13. The molecule has 1 heterocycles. The van der Waals surface area contributed by atoms with Crippen molar-refractivity contribution >= 4 is 6.09 Å². The average Bonchev–Trinajstić information content (AvgIpc) is 3.02. The van der Waals surface area contributed by atoms with Crippen molar-refractivity contribution in [1.82, 2.24) is 25.2 Å². The maximum absolute atomic E-state index is 11.7. The van der Waals surface area contributed by atoms with Crippen molar-refractivity contribution in [3.8, 4) is 0 Å². The summed E-state index contributed by atoms with van der Waals surface area (Å²) < 4.78 is 7.09. The van der Waals surface area contributed by atoms with E-state index in [4.69, 9.17) is 10.3 Å². The molecular weight excluding hydrogens is 360 g/mol. The first-order chi connectivity index (χ1) is 13.0. The lowest BCUT2D eigenvalue weighted by Gasteiger charge is -2.22. The molecule has 158 valence electrons. The van der Waals surface area contributed by atoms with Gasteiger partial charge in [0.2, 0.25) is 0 Å². The van der Waals surface area contributed by atoms with Crippen LogP contribution >= 0.6 is 0 Å². The van der Waals surface area contributed by atoms with Gasteiger partial charge < -0.3 is 10.1 Å². The van der Waals surface area contributed by atoms with Gasteiger partial charge in [-0.25, -0.2) is 9.48 Å². The van der Waals surface area contributed by atoms with E-state index < -0.39 is 11.7 Å². The monoisotopic (exact) mass is 394 g/mol. The van der Waals surface area contributed by atoms with Crippen LogP contribution < -0.4 is 5.32 Å². The third-order valence-corrected chi connectivity index (χ3v) is 3.73. The van der Waals surface area contributed by atoms with Crippen LogP contribution in [-0.4, -0.2) is 57.8 Å². The van der Waals surface area contributed by atoms with Gasteiger partial charge in [0.25, 0.3) is 0 Å². The van der Waals surface area contributed by atoms with E-state index in [1.165, 1.54) is 0 Å². The molecule has 0 fully saturated rings. The Balaban J connectivity index is 2.53. The molecule has 1 amide bonds. The summed E-state index contributed by atoms with van der Waals surface area (Å²) in [6, 6.07) is 0. The summed E-state index contributed by atoms with van der Waals surface area (Å²) in [4.78, 5) is 16.7. The van der Waals surface area contributed by atoms with Crippen molar-refractivity contribution in [2.24, 2.45) is 5.11 Å². The SMILES string of the molecule is CC(C)(C)OC(=O)NCCCN(CCCN=[N+]=[N-])Cc1cn(C(C)(C)C)nn1. The van der Waals surface area contributed by atoms with Crippen molar-refractivity contribution < 1.29 is 9.53 Å². The van der Waals surface area contributed by atoms with Gasteiger partial charge in [0.15, 0.2) is 0 Å². The molecule has 0 saturated heterocycles. The normalized spacial score (nSPS) is 12.0. The van der Waals surface area contributed by atoms with E-state index in [1.807, 2.05) is 31.6 Å². The second-order valence-corrected chi connectivity index (χ2v) is 8.69. The number of nitrogens with zero attached hydrogens (tertiary/aromatic N) is 7. The van der Waals surface area contributed by atoms with E-state index in [0.29, 0.717) is 19.6 Å². The molecular formula is C18H34N8O2. The van der Waals surface area contributed by atoms with E-state index in [1.54, 1.807) is 0 Å². The van der Waals surface area contributed by atoms with Gasteiger partial charge in [0, 0.05) is 31.1 Å². The van der Waals surface area contributed by atoms with Crippen molar-refractivity contribution in [3.63, 3.8) is 0 Å². The van der Waals surface area contributed by atoms with E-state index in [0.717, 1.165) is 31.6 Å². The Labute approximate surface area is 167 Å². The number of hydrogen-bond donors (Lipinski definition) is 1. The molecule has 1 aromatic rings. The zero-order valence-corrected chi connectivity index (χ0v) is 18.0. The first-order valence-electron chi connectivity index (χ1n) is 9.63. The molecule has 0 saturated carbocycles. The summed E-state index contributed by atoms with van der Waals surface area (Å²) in [6.45, 7) is 14.9. The Morgan fingerprint density at radius 3 is 2.54 bits per heavy atom. The van der Waals surface area contributed by atoms with Crippen LogP contribution in [0.1, 0.15) is 60.1 Å². The number of aromatic nitrogens is 3. The molecule has 0 aromatic carbocycles. The zero-order chi connectivity index (χ0) is 21.2. The number of carbonyl (C=O) groups is 1. The molecule has 1 N–H and O–H groups in total. The molecule has 10 nitrogen and oxygen atoms in total. The van der Waals surface area contributed by atoms with Crippen LogP contribution in [0, 0.1) is 0 Å². The molecule has 28 heavy (non-hydrogen) atoms. The maximum Gasteiger partial charge on any atom is 0.407 e. The van der Waals surface area contributed by atoms with Gasteiger partial charge >= 0.3 is 6.09 Å². The highest BCUT2D eigenvalue weighted by atomic mass is 16.6. The highest BCUT2D eigenvalue weighted by Gasteiger charge is 2.17. The lowest BCUT2D eigenvalue weighted by Crippen LogP contribution is -2.34. The molecule has 0 radical (unpaired) electrons. The fourth-order valence-corrected chi connectivity index (χ4v) is 2.41. The summed E-state index contributed by atoms with van der Waals surface area (Å²) in [6.07, 6.45) is 3.08. The topological polar surface area (TPSA) is 121 Å². The van der Waals surface area contributed by atoms with Gasteiger partial charge in [-0.1, -0.05) is 10.3 Å². The van der Waals surface area contributed by atoms with Crippen molar-refractivity contribution in [1.29, 1.82) is 0 Å². The number of ether oxygens (including phenoxy) is 1. The molecule has 0 aliphatic rings. The standard InChI is InChI=1S/C18H34N8O2/c1-17(2,3)26-14-15(22-24-26)13-25(12-8-10-21-23-19)11-7-9-20-16(27)28-18(4,5)6/h14H,7-13H2,1-6H3,(H,20,27). The minimum atomic E-state index is -0.504. The van der Waals surface area contributed by atoms with Gasteiger partial charge in [-0.05, 0) is 66.5 Å². The van der Waals surface area contributed by atoms with Gasteiger partial charge in [0.05, 0.1) is 17.4 Å². The number of nitrogens with one attached hydrogen (secondary N) is 1.